The third-order valence-corrected chi connectivity index (χ3v) is 4.65. The van der Waals surface area contributed by atoms with Crippen molar-refractivity contribution in [1.82, 2.24) is 4.90 Å². The normalized spacial score (nSPS) is 16.1. The number of hydrogen-bond donors (Lipinski definition) is 0. The molecule has 23 heavy (non-hydrogen) atoms. The van der Waals surface area contributed by atoms with Crippen molar-refractivity contribution in [2.75, 3.05) is 25.5 Å². The van der Waals surface area contributed by atoms with Gasteiger partial charge < -0.3 is 4.90 Å². The van der Waals surface area contributed by atoms with Crippen molar-refractivity contribution in [3.05, 3.63) is 34.4 Å². The van der Waals surface area contributed by atoms with Crippen molar-refractivity contribution in [2.45, 2.75) is 44.6 Å². The summed E-state index contributed by atoms with van der Waals surface area (Å²) in [5, 5.41) is 10.7. The standard InChI is InChI=1S/C17H25N3O3/c1-18(14-7-5-3-4-6-8-14)13-17(21)19(2)15-9-11-16(12-10-15)20(22)23/h9-12,14H,3-8,13H2,1-2H3. The number of likely N-dealkylation sites (N-methyl/N-ethyl adjacent to an activating group) is 2. The second-order valence-electron chi connectivity index (χ2n) is 6.29. The average Bonchev–Trinajstić information content (AvgIpc) is 2.83. The van der Waals surface area contributed by atoms with Crippen LogP contribution in [0.5, 0.6) is 0 Å². The summed E-state index contributed by atoms with van der Waals surface area (Å²) in [6, 6.07) is 6.55. The van der Waals surface area contributed by atoms with Crippen LogP contribution in [-0.2, 0) is 4.79 Å². The molecule has 1 saturated carbocycles. The van der Waals surface area contributed by atoms with Gasteiger partial charge in [0.15, 0.2) is 0 Å². The molecule has 0 aliphatic heterocycles. The first-order chi connectivity index (χ1) is 11.0. The molecule has 1 aromatic carbocycles. The highest BCUT2D eigenvalue weighted by molar-refractivity contribution is 5.94. The minimum Gasteiger partial charge on any atom is -0.314 e. The van der Waals surface area contributed by atoms with Crippen molar-refractivity contribution in [2.24, 2.45) is 0 Å². The molecule has 0 aromatic heterocycles. The van der Waals surface area contributed by atoms with Crippen LogP contribution in [0.1, 0.15) is 38.5 Å². The molecule has 1 aromatic rings. The van der Waals surface area contributed by atoms with E-state index in [-0.39, 0.29) is 11.6 Å². The number of nitrogens with zero attached hydrogens (tertiary/aromatic N) is 3. The Morgan fingerprint density at radius 1 is 1.13 bits per heavy atom. The topological polar surface area (TPSA) is 66.7 Å². The number of non-ortho nitro benzene ring substituents is 1. The summed E-state index contributed by atoms with van der Waals surface area (Å²) in [6.45, 7) is 0.373. The molecule has 1 amide bonds. The number of anilines is 1. The van der Waals surface area contributed by atoms with Gasteiger partial charge >= 0.3 is 0 Å². The molecule has 0 bridgehead atoms. The van der Waals surface area contributed by atoms with E-state index < -0.39 is 4.92 Å². The molecule has 0 saturated heterocycles. The molecule has 1 aliphatic rings. The Hall–Kier alpha value is -1.95. The third kappa shape index (κ3) is 4.76. The zero-order valence-electron chi connectivity index (χ0n) is 13.9. The number of carbonyl (C=O) groups is 1. The van der Waals surface area contributed by atoms with Crippen molar-refractivity contribution < 1.29 is 9.72 Å². The Bertz CT molecular complexity index is 537. The molecular formula is C17H25N3O3. The number of rotatable bonds is 5. The quantitative estimate of drug-likeness (QED) is 0.475. The highest BCUT2D eigenvalue weighted by atomic mass is 16.6. The molecule has 0 heterocycles. The maximum atomic E-state index is 12.5. The van der Waals surface area contributed by atoms with Crippen LogP contribution >= 0.6 is 0 Å². The maximum absolute atomic E-state index is 12.5. The van der Waals surface area contributed by atoms with Gasteiger partial charge in [0.25, 0.3) is 5.69 Å². The number of carbonyl (C=O) groups excluding carboxylic acids is 1. The van der Waals surface area contributed by atoms with Crippen LogP contribution in [-0.4, -0.2) is 42.4 Å². The van der Waals surface area contributed by atoms with Gasteiger partial charge in [0, 0.05) is 30.9 Å². The first-order valence-electron chi connectivity index (χ1n) is 8.20. The van der Waals surface area contributed by atoms with Crippen molar-refractivity contribution in [3.63, 3.8) is 0 Å². The van der Waals surface area contributed by atoms with E-state index in [0.717, 1.165) is 12.8 Å². The average molecular weight is 319 g/mol. The zero-order valence-corrected chi connectivity index (χ0v) is 13.9. The van der Waals surface area contributed by atoms with E-state index in [0.29, 0.717) is 18.3 Å². The smallest absolute Gasteiger partial charge is 0.269 e. The number of benzene rings is 1. The fourth-order valence-electron chi connectivity index (χ4n) is 3.09. The lowest BCUT2D eigenvalue weighted by molar-refractivity contribution is -0.384. The van der Waals surface area contributed by atoms with Gasteiger partial charge in [-0.1, -0.05) is 25.7 Å². The molecule has 126 valence electrons. The zero-order chi connectivity index (χ0) is 16.8. The first-order valence-corrected chi connectivity index (χ1v) is 8.20. The molecule has 0 unspecified atom stereocenters. The molecule has 0 spiro atoms. The third-order valence-electron chi connectivity index (χ3n) is 4.65. The molecule has 0 radical (unpaired) electrons. The van der Waals surface area contributed by atoms with Gasteiger partial charge in [0.1, 0.15) is 0 Å². The monoisotopic (exact) mass is 319 g/mol. The fourth-order valence-corrected chi connectivity index (χ4v) is 3.09. The van der Waals surface area contributed by atoms with E-state index in [1.54, 1.807) is 24.1 Å². The molecule has 1 fully saturated rings. The summed E-state index contributed by atoms with van der Waals surface area (Å²) in [5.41, 5.74) is 0.708. The Morgan fingerprint density at radius 2 is 1.70 bits per heavy atom. The number of nitro benzene ring substituents is 1. The van der Waals surface area contributed by atoms with Gasteiger partial charge in [-0.15, -0.1) is 0 Å². The van der Waals surface area contributed by atoms with Gasteiger partial charge in [-0.3, -0.25) is 19.8 Å². The van der Waals surface area contributed by atoms with Crippen LogP contribution in [0.3, 0.4) is 0 Å². The highest BCUT2D eigenvalue weighted by Crippen LogP contribution is 2.22. The summed E-state index contributed by atoms with van der Waals surface area (Å²) in [7, 11) is 3.72. The van der Waals surface area contributed by atoms with E-state index >= 15 is 0 Å². The predicted octanol–water partition coefficient (Wildman–Crippen LogP) is 3.21. The van der Waals surface area contributed by atoms with E-state index in [1.165, 1.54) is 37.8 Å². The summed E-state index contributed by atoms with van der Waals surface area (Å²) >= 11 is 0. The Balaban J connectivity index is 1.94. The molecule has 2 rings (SSSR count). The highest BCUT2D eigenvalue weighted by Gasteiger charge is 2.21. The summed E-state index contributed by atoms with van der Waals surface area (Å²) in [5.74, 6) is 0.00519. The molecule has 6 nitrogen and oxygen atoms in total. The Kier molecular flexibility index (Phi) is 6.10. The Labute approximate surface area is 137 Å². The van der Waals surface area contributed by atoms with E-state index in [4.69, 9.17) is 0 Å². The Morgan fingerprint density at radius 3 is 2.22 bits per heavy atom. The lowest BCUT2D eigenvalue weighted by Crippen LogP contribution is -2.41. The van der Waals surface area contributed by atoms with Crippen molar-refractivity contribution in [1.29, 1.82) is 0 Å². The van der Waals surface area contributed by atoms with Crippen LogP contribution in [0.4, 0.5) is 11.4 Å². The van der Waals surface area contributed by atoms with E-state index in [1.807, 2.05) is 7.05 Å². The van der Waals surface area contributed by atoms with E-state index in [2.05, 4.69) is 4.90 Å². The number of hydrogen-bond acceptors (Lipinski definition) is 4. The minimum absolute atomic E-state index is 0.00519. The fraction of sp³-hybridized carbons (Fsp3) is 0.588. The van der Waals surface area contributed by atoms with Crippen LogP contribution in [0.2, 0.25) is 0 Å². The predicted molar refractivity (Wildman–Crippen MR) is 90.6 cm³/mol. The summed E-state index contributed by atoms with van der Waals surface area (Å²) in [6.07, 6.45) is 7.38. The van der Waals surface area contributed by atoms with Gasteiger partial charge in [-0.25, -0.2) is 0 Å². The van der Waals surface area contributed by atoms with Crippen molar-refractivity contribution >= 4 is 17.3 Å². The summed E-state index contributed by atoms with van der Waals surface area (Å²) in [4.78, 5) is 26.4. The molecule has 1 aliphatic carbocycles. The van der Waals surface area contributed by atoms with E-state index in [9.17, 15) is 14.9 Å². The van der Waals surface area contributed by atoms with Gasteiger partial charge in [0.2, 0.25) is 5.91 Å². The molecule has 6 heteroatoms. The molecule has 0 N–H and O–H groups in total. The summed E-state index contributed by atoms with van der Waals surface area (Å²) < 4.78 is 0. The number of nitro groups is 1. The van der Waals surface area contributed by atoms with Gasteiger partial charge in [-0.05, 0) is 32.0 Å². The van der Waals surface area contributed by atoms with Crippen LogP contribution in [0.25, 0.3) is 0 Å². The second-order valence-corrected chi connectivity index (χ2v) is 6.29. The first kappa shape index (κ1) is 17.4. The van der Waals surface area contributed by atoms with Gasteiger partial charge in [-0.2, -0.15) is 0 Å². The van der Waals surface area contributed by atoms with Crippen molar-refractivity contribution in [3.8, 4) is 0 Å². The largest absolute Gasteiger partial charge is 0.314 e. The van der Waals surface area contributed by atoms with Crippen LogP contribution in [0, 0.1) is 10.1 Å². The lowest BCUT2D eigenvalue weighted by Gasteiger charge is -2.28. The lowest BCUT2D eigenvalue weighted by atomic mass is 10.1. The molecule has 0 atom stereocenters. The minimum atomic E-state index is -0.439. The van der Waals surface area contributed by atoms with Crippen LogP contribution in [0.15, 0.2) is 24.3 Å². The SMILES string of the molecule is CN(C(=O)CN(C)C1CCCCCC1)c1ccc([N+](=O)[O-])cc1. The van der Waals surface area contributed by atoms with Gasteiger partial charge in [0.05, 0.1) is 11.5 Å². The second kappa shape index (κ2) is 8.06. The van der Waals surface area contributed by atoms with Crippen LogP contribution < -0.4 is 4.90 Å². The molecular weight excluding hydrogens is 294 g/mol. The maximum Gasteiger partial charge on any atom is 0.269 e. The number of amides is 1.